The fourth-order valence-electron chi connectivity index (χ4n) is 1.18. The zero-order valence-corrected chi connectivity index (χ0v) is 9.12. The lowest BCUT2D eigenvalue weighted by atomic mass is 10.1. The Morgan fingerprint density at radius 1 is 1.43 bits per heavy atom. The lowest BCUT2D eigenvalue weighted by Crippen LogP contribution is -2.33. The highest BCUT2D eigenvalue weighted by molar-refractivity contribution is 5.76. The van der Waals surface area contributed by atoms with Crippen LogP contribution in [-0.4, -0.2) is 29.7 Å². The summed E-state index contributed by atoms with van der Waals surface area (Å²) in [5.74, 6) is 0.0488. The highest BCUT2D eigenvalue weighted by atomic mass is 16.2. The first-order chi connectivity index (χ1) is 6.56. The SMILES string of the molecule is CC(N)CCC(=O)NC(C)CCCO. The van der Waals surface area contributed by atoms with E-state index in [-0.39, 0.29) is 24.6 Å². The first-order valence-electron chi connectivity index (χ1n) is 5.22. The summed E-state index contributed by atoms with van der Waals surface area (Å²) in [6, 6.07) is 0.219. The third-order valence-electron chi connectivity index (χ3n) is 2.03. The Hall–Kier alpha value is -0.610. The van der Waals surface area contributed by atoms with Gasteiger partial charge >= 0.3 is 0 Å². The molecule has 14 heavy (non-hydrogen) atoms. The third kappa shape index (κ3) is 8.01. The van der Waals surface area contributed by atoms with Crippen LogP contribution in [0.2, 0.25) is 0 Å². The van der Waals surface area contributed by atoms with Crippen LogP contribution in [0.25, 0.3) is 0 Å². The van der Waals surface area contributed by atoms with Crippen LogP contribution < -0.4 is 11.1 Å². The number of aliphatic hydroxyl groups is 1. The lowest BCUT2D eigenvalue weighted by Gasteiger charge is -2.13. The monoisotopic (exact) mass is 202 g/mol. The van der Waals surface area contributed by atoms with Crippen LogP contribution in [-0.2, 0) is 4.79 Å². The van der Waals surface area contributed by atoms with Crippen LogP contribution in [0.5, 0.6) is 0 Å². The molecule has 4 nitrogen and oxygen atoms in total. The van der Waals surface area contributed by atoms with E-state index in [1.807, 2.05) is 13.8 Å². The van der Waals surface area contributed by atoms with E-state index in [2.05, 4.69) is 5.32 Å². The molecule has 0 aromatic heterocycles. The van der Waals surface area contributed by atoms with Crippen LogP contribution in [0.15, 0.2) is 0 Å². The molecule has 2 unspecified atom stereocenters. The molecular formula is C10H22N2O2. The molecule has 0 fully saturated rings. The van der Waals surface area contributed by atoms with Gasteiger partial charge < -0.3 is 16.2 Å². The summed E-state index contributed by atoms with van der Waals surface area (Å²) >= 11 is 0. The van der Waals surface area contributed by atoms with Crippen LogP contribution in [0.4, 0.5) is 0 Å². The quantitative estimate of drug-likeness (QED) is 0.559. The summed E-state index contributed by atoms with van der Waals surface area (Å²) in [5.41, 5.74) is 5.54. The number of nitrogens with two attached hydrogens (primary N) is 1. The van der Waals surface area contributed by atoms with Crippen molar-refractivity contribution in [2.24, 2.45) is 5.73 Å². The van der Waals surface area contributed by atoms with Gasteiger partial charge in [-0.25, -0.2) is 0 Å². The first-order valence-corrected chi connectivity index (χ1v) is 5.22. The molecule has 0 aromatic carbocycles. The van der Waals surface area contributed by atoms with E-state index in [1.165, 1.54) is 0 Å². The number of rotatable bonds is 7. The molecule has 0 aromatic rings. The molecule has 0 aliphatic carbocycles. The number of nitrogens with one attached hydrogen (secondary N) is 1. The molecular weight excluding hydrogens is 180 g/mol. The smallest absolute Gasteiger partial charge is 0.220 e. The second kappa shape index (κ2) is 7.76. The van der Waals surface area contributed by atoms with Crippen molar-refractivity contribution in [2.45, 2.75) is 51.6 Å². The maximum Gasteiger partial charge on any atom is 0.220 e. The van der Waals surface area contributed by atoms with Gasteiger partial charge in [-0.05, 0) is 33.1 Å². The fraction of sp³-hybridized carbons (Fsp3) is 0.900. The van der Waals surface area contributed by atoms with Crippen molar-refractivity contribution in [2.75, 3.05) is 6.61 Å². The van der Waals surface area contributed by atoms with Crippen molar-refractivity contribution in [3.8, 4) is 0 Å². The summed E-state index contributed by atoms with van der Waals surface area (Å²) in [7, 11) is 0. The minimum Gasteiger partial charge on any atom is -0.396 e. The molecule has 4 heteroatoms. The van der Waals surface area contributed by atoms with Gasteiger partial charge in [0.1, 0.15) is 0 Å². The molecule has 4 N–H and O–H groups in total. The molecule has 0 rings (SSSR count). The summed E-state index contributed by atoms with van der Waals surface area (Å²) < 4.78 is 0. The van der Waals surface area contributed by atoms with Gasteiger partial charge in [0.05, 0.1) is 0 Å². The highest BCUT2D eigenvalue weighted by Gasteiger charge is 2.07. The van der Waals surface area contributed by atoms with Gasteiger partial charge in [-0.2, -0.15) is 0 Å². The number of carbonyl (C=O) groups excluding carboxylic acids is 1. The summed E-state index contributed by atoms with van der Waals surface area (Å²) in [6.45, 7) is 4.02. The van der Waals surface area contributed by atoms with Crippen molar-refractivity contribution in [3.63, 3.8) is 0 Å². The second-order valence-electron chi connectivity index (χ2n) is 3.85. The number of hydrogen-bond acceptors (Lipinski definition) is 3. The third-order valence-corrected chi connectivity index (χ3v) is 2.03. The molecule has 0 bridgehead atoms. The standard InChI is InChI=1S/C10H22N2O2/c1-8(11)5-6-10(14)12-9(2)4-3-7-13/h8-9,13H,3-7,11H2,1-2H3,(H,12,14). The molecule has 84 valence electrons. The van der Waals surface area contributed by atoms with Gasteiger partial charge in [-0.15, -0.1) is 0 Å². The van der Waals surface area contributed by atoms with Crippen molar-refractivity contribution >= 4 is 5.91 Å². The Morgan fingerprint density at radius 3 is 2.57 bits per heavy atom. The number of amides is 1. The molecule has 2 atom stereocenters. The second-order valence-corrected chi connectivity index (χ2v) is 3.85. The van der Waals surface area contributed by atoms with Gasteiger partial charge in [-0.3, -0.25) is 4.79 Å². The minimum atomic E-state index is 0.0488. The molecule has 0 radical (unpaired) electrons. The van der Waals surface area contributed by atoms with Crippen molar-refractivity contribution in [3.05, 3.63) is 0 Å². The maximum atomic E-state index is 11.3. The van der Waals surface area contributed by atoms with E-state index in [1.54, 1.807) is 0 Å². The lowest BCUT2D eigenvalue weighted by molar-refractivity contribution is -0.121. The van der Waals surface area contributed by atoms with Crippen molar-refractivity contribution < 1.29 is 9.90 Å². The Morgan fingerprint density at radius 2 is 2.07 bits per heavy atom. The average Bonchev–Trinajstić information content (AvgIpc) is 2.11. The predicted molar refractivity (Wildman–Crippen MR) is 56.8 cm³/mol. The molecule has 0 aliphatic rings. The predicted octanol–water partition coefficient (Wildman–Crippen LogP) is 0.391. The molecule has 0 saturated heterocycles. The Bertz CT molecular complexity index is 160. The molecule has 0 heterocycles. The van der Waals surface area contributed by atoms with Gasteiger partial charge in [0.2, 0.25) is 5.91 Å². The van der Waals surface area contributed by atoms with Crippen LogP contribution >= 0.6 is 0 Å². The number of aliphatic hydroxyl groups excluding tert-OH is 1. The van der Waals surface area contributed by atoms with Gasteiger partial charge in [-0.1, -0.05) is 0 Å². The van der Waals surface area contributed by atoms with Crippen LogP contribution in [0.1, 0.15) is 39.5 Å². The molecule has 0 spiro atoms. The molecule has 0 aliphatic heterocycles. The van der Waals surface area contributed by atoms with E-state index in [0.717, 1.165) is 19.3 Å². The van der Waals surface area contributed by atoms with Crippen LogP contribution in [0.3, 0.4) is 0 Å². The van der Waals surface area contributed by atoms with Crippen molar-refractivity contribution in [1.82, 2.24) is 5.32 Å². The fourth-order valence-corrected chi connectivity index (χ4v) is 1.18. The molecule has 0 saturated carbocycles. The minimum absolute atomic E-state index is 0.0488. The van der Waals surface area contributed by atoms with Crippen molar-refractivity contribution in [1.29, 1.82) is 0 Å². The van der Waals surface area contributed by atoms with Gasteiger partial charge in [0.25, 0.3) is 0 Å². The Kier molecular flexibility index (Phi) is 7.42. The number of carbonyl (C=O) groups is 1. The number of hydrogen-bond donors (Lipinski definition) is 3. The van der Waals surface area contributed by atoms with Crippen LogP contribution in [0, 0.1) is 0 Å². The Labute approximate surface area is 85.9 Å². The maximum absolute atomic E-state index is 11.3. The summed E-state index contributed by atoms with van der Waals surface area (Å²) in [6.07, 6.45) is 2.76. The van der Waals surface area contributed by atoms with E-state index in [9.17, 15) is 4.79 Å². The highest BCUT2D eigenvalue weighted by Crippen LogP contribution is 1.98. The largest absolute Gasteiger partial charge is 0.396 e. The zero-order chi connectivity index (χ0) is 11.0. The first kappa shape index (κ1) is 13.4. The van der Waals surface area contributed by atoms with E-state index >= 15 is 0 Å². The van der Waals surface area contributed by atoms with E-state index in [0.29, 0.717) is 6.42 Å². The van der Waals surface area contributed by atoms with E-state index in [4.69, 9.17) is 10.8 Å². The van der Waals surface area contributed by atoms with Gasteiger partial charge in [0, 0.05) is 25.1 Å². The van der Waals surface area contributed by atoms with Gasteiger partial charge in [0.15, 0.2) is 0 Å². The summed E-state index contributed by atoms with van der Waals surface area (Å²) in [4.78, 5) is 11.3. The summed E-state index contributed by atoms with van der Waals surface area (Å²) in [5, 5.41) is 11.5. The Balaban J connectivity index is 3.50. The normalized spacial score (nSPS) is 14.9. The van der Waals surface area contributed by atoms with E-state index < -0.39 is 0 Å². The zero-order valence-electron chi connectivity index (χ0n) is 9.12. The average molecular weight is 202 g/mol. The molecule has 1 amide bonds. The topological polar surface area (TPSA) is 75.4 Å².